The summed E-state index contributed by atoms with van der Waals surface area (Å²) >= 11 is 7.54. The van der Waals surface area contributed by atoms with Crippen LogP contribution in [0.2, 0.25) is 5.02 Å². The van der Waals surface area contributed by atoms with Crippen LogP contribution in [0, 0.1) is 0 Å². The number of carbonyl (C=O) groups excluding carboxylic acids is 1. The molecule has 1 aromatic carbocycles. The Bertz CT molecular complexity index is 892. The maximum atomic E-state index is 13.0. The van der Waals surface area contributed by atoms with E-state index in [9.17, 15) is 4.79 Å². The predicted molar refractivity (Wildman–Crippen MR) is 110 cm³/mol. The molecule has 140 valence electrons. The number of nitrogens with zero attached hydrogens (tertiary/aromatic N) is 5. The number of aromatic nitrogens is 3. The van der Waals surface area contributed by atoms with Gasteiger partial charge >= 0.3 is 0 Å². The Kier molecular flexibility index (Phi) is 7.00. The normalized spacial score (nSPS) is 11.0. The Hall–Kier alpha value is -1.67. The number of amides is 1. The van der Waals surface area contributed by atoms with E-state index in [0.717, 1.165) is 23.2 Å². The first-order chi connectivity index (χ1) is 11.9. The Labute approximate surface area is 167 Å². The average Bonchev–Trinajstić information content (AvgIpc) is 3.16. The van der Waals surface area contributed by atoms with Crippen LogP contribution in [0.1, 0.15) is 16.9 Å². The van der Waals surface area contributed by atoms with Gasteiger partial charge in [0.25, 0.3) is 5.91 Å². The fourth-order valence-electron chi connectivity index (χ4n) is 2.50. The van der Waals surface area contributed by atoms with E-state index in [1.165, 1.54) is 11.3 Å². The van der Waals surface area contributed by atoms with Gasteiger partial charge in [0.2, 0.25) is 0 Å². The van der Waals surface area contributed by atoms with Crippen molar-refractivity contribution in [1.29, 1.82) is 0 Å². The first-order valence-corrected chi connectivity index (χ1v) is 9.16. The van der Waals surface area contributed by atoms with Gasteiger partial charge in [-0.1, -0.05) is 22.9 Å². The molecule has 9 heteroatoms. The zero-order chi connectivity index (χ0) is 18.0. The summed E-state index contributed by atoms with van der Waals surface area (Å²) in [5.74, 6) is -0.135. The van der Waals surface area contributed by atoms with E-state index in [4.69, 9.17) is 11.6 Å². The molecule has 3 aromatic rings. The van der Waals surface area contributed by atoms with E-state index in [1.54, 1.807) is 28.9 Å². The van der Waals surface area contributed by atoms with Crippen LogP contribution >= 0.6 is 35.3 Å². The fourth-order valence-corrected chi connectivity index (χ4v) is 3.76. The largest absolute Gasteiger partial charge is 0.309 e. The number of halogens is 2. The van der Waals surface area contributed by atoms with Crippen molar-refractivity contribution in [3.63, 3.8) is 0 Å². The molecule has 0 saturated heterocycles. The summed E-state index contributed by atoms with van der Waals surface area (Å²) in [7, 11) is 5.84. The molecule has 3 rings (SSSR count). The zero-order valence-corrected chi connectivity index (χ0v) is 17.2. The van der Waals surface area contributed by atoms with Crippen molar-refractivity contribution >= 4 is 56.6 Å². The molecule has 0 spiro atoms. The average molecular weight is 414 g/mol. The van der Waals surface area contributed by atoms with Crippen molar-refractivity contribution in [1.82, 2.24) is 19.7 Å². The van der Waals surface area contributed by atoms with Crippen LogP contribution in [-0.2, 0) is 7.05 Å². The number of rotatable bonds is 6. The van der Waals surface area contributed by atoms with Crippen LogP contribution in [0.5, 0.6) is 0 Å². The minimum atomic E-state index is -0.135. The highest BCUT2D eigenvalue weighted by molar-refractivity contribution is 7.22. The molecule has 0 atom stereocenters. The fraction of sp³-hybridized carbons (Fsp3) is 0.353. The Morgan fingerprint density at radius 1 is 1.27 bits per heavy atom. The summed E-state index contributed by atoms with van der Waals surface area (Å²) in [6.07, 6.45) is 2.62. The van der Waals surface area contributed by atoms with E-state index in [-0.39, 0.29) is 18.3 Å². The molecule has 0 saturated carbocycles. The third-order valence-corrected chi connectivity index (χ3v) is 5.01. The van der Waals surface area contributed by atoms with E-state index < -0.39 is 0 Å². The summed E-state index contributed by atoms with van der Waals surface area (Å²) in [5.41, 5.74) is 1.26. The van der Waals surface area contributed by atoms with Crippen LogP contribution in [0.25, 0.3) is 10.2 Å². The number of aryl methyl sites for hydroxylation is 1. The van der Waals surface area contributed by atoms with E-state index >= 15 is 0 Å². The Balaban J connectivity index is 0.00000243. The topological polar surface area (TPSA) is 54.3 Å². The lowest BCUT2D eigenvalue weighted by Gasteiger charge is -2.20. The summed E-state index contributed by atoms with van der Waals surface area (Å²) < 4.78 is 2.59. The molecule has 0 aliphatic heterocycles. The molecule has 0 fully saturated rings. The summed E-state index contributed by atoms with van der Waals surface area (Å²) in [6.45, 7) is 1.48. The number of hydrogen-bond donors (Lipinski definition) is 0. The van der Waals surface area contributed by atoms with E-state index in [2.05, 4.69) is 15.0 Å². The summed E-state index contributed by atoms with van der Waals surface area (Å²) in [4.78, 5) is 21.4. The molecular formula is C17H21Cl2N5OS. The number of anilines is 1. The third kappa shape index (κ3) is 4.73. The molecule has 2 aromatic heterocycles. The van der Waals surface area contributed by atoms with Gasteiger partial charge in [0.1, 0.15) is 0 Å². The number of carbonyl (C=O) groups is 1. The molecule has 1 amide bonds. The van der Waals surface area contributed by atoms with Crippen LogP contribution < -0.4 is 4.90 Å². The molecule has 6 nitrogen and oxygen atoms in total. The van der Waals surface area contributed by atoms with Crippen molar-refractivity contribution in [3.05, 3.63) is 41.2 Å². The molecule has 26 heavy (non-hydrogen) atoms. The predicted octanol–water partition coefficient (Wildman–Crippen LogP) is 3.70. The second kappa shape index (κ2) is 8.81. The van der Waals surface area contributed by atoms with E-state index in [1.807, 2.05) is 32.3 Å². The molecule has 0 radical (unpaired) electrons. The van der Waals surface area contributed by atoms with Gasteiger partial charge in [-0.15, -0.1) is 12.4 Å². The van der Waals surface area contributed by atoms with Gasteiger partial charge in [0.05, 0.1) is 10.2 Å². The summed E-state index contributed by atoms with van der Waals surface area (Å²) in [6, 6.07) is 7.29. The number of thiazole rings is 1. The van der Waals surface area contributed by atoms with Gasteiger partial charge in [-0.05, 0) is 51.3 Å². The standard InChI is InChI=1S/C17H20ClN5OS.ClH/c1-21(2)8-4-9-23(16(24)14-7-10-22(3)20-14)17-19-13-6-5-12(18)11-15(13)25-17;/h5-7,10-11H,4,8-9H2,1-3H3;1H. The van der Waals surface area contributed by atoms with Gasteiger partial charge in [-0.25, -0.2) is 4.98 Å². The van der Waals surface area contributed by atoms with Crippen LogP contribution in [0.3, 0.4) is 0 Å². The van der Waals surface area contributed by atoms with E-state index in [0.29, 0.717) is 22.4 Å². The molecule has 0 aliphatic rings. The highest BCUT2D eigenvalue weighted by Gasteiger charge is 2.23. The lowest BCUT2D eigenvalue weighted by atomic mass is 10.3. The van der Waals surface area contributed by atoms with Crippen molar-refractivity contribution in [2.45, 2.75) is 6.42 Å². The Morgan fingerprint density at radius 2 is 2.04 bits per heavy atom. The van der Waals surface area contributed by atoms with Gasteiger partial charge in [-0.2, -0.15) is 5.10 Å². The lowest BCUT2D eigenvalue weighted by Crippen LogP contribution is -2.33. The highest BCUT2D eigenvalue weighted by Crippen LogP contribution is 2.31. The minimum absolute atomic E-state index is 0. The molecule has 2 heterocycles. The first-order valence-electron chi connectivity index (χ1n) is 7.96. The van der Waals surface area contributed by atoms with Crippen LogP contribution in [0.15, 0.2) is 30.5 Å². The maximum Gasteiger partial charge on any atom is 0.280 e. The Morgan fingerprint density at radius 3 is 2.69 bits per heavy atom. The van der Waals surface area contributed by atoms with Gasteiger partial charge in [-0.3, -0.25) is 14.4 Å². The number of fused-ring (bicyclic) bond motifs is 1. The van der Waals surface area contributed by atoms with Gasteiger partial charge in [0, 0.05) is 24.8 Å². The van der Waals surface area contributed by atoms with Gasteiger partial charge < -0.3 is 4.90 Å². The quantitative estimate of drug-likeness (QED) is 0.617. The van der Waals surface area contributed by atoms with Crippen molar-refractivity contribution in [3.8, 4) is 0 Å². The first kappa shape index (κ1) is 20.6. The lowest BCUT2D eigenvalue weighted by molar-refractivity contribution is 0.0980. The molecule has 0 aliphatic carbocycles. The second-order valence-corrected chi connectivity index (χ2v) is 7.54. The zero-order valence-electron chi connectivity index (χ0n) is 14.8. The monoisotopic (exact) mass is 413 g/mol. The van der Waals surface area contributed by atoms with Crippen LogP contribution in [-0.4, -0.2) is 52.8 Å². The molecular weight excluding hydrogens is 393 g/mol. The van der Waals surface area contributed by atoms with Crippen molar-refractivity contribution in [2.75, 3.05) is 32.1 Å². The van der Waals surface area contributed by atoms with Crippen molar-refractivity contribution in [2.24, 2.45) is 7.05 Å². The second-order valence-electron chi connectivity index (χ2n) is 6.10. The van der Waals surface area contributed by atoms with Gasteiger partial charge in [0.15, 0.2) is 10.8 Å². The SMILES string of the molecule is CN(C)CCCN(C(=O)c1ccn(C)n1)c1nc2ccc(Cl)cc2s1.Cl. The molecule has 0 N–H and O–H groups in total. The molecule has 0 bridgehead atoms. The molecule has 0 unspecified atom stereocenters. The maximum absolute atomic E-state index is 13.0. The number of benzene rings is 1. The third-order valence-electron chi connectivity index (χ3n) is 3.74. The van der Waals surface area contributed by atoms with Crippen LogP contribution in [0.4, 0.5) is 5.13 Å². The smallest absolute Gasteiger partial charge is 0.280 e. The number of hydrogen-bond acceptors (Lipinski definition) is 5. The highest BCUT2D eigenvalue weighted by atomic mass is 35.5. The summed E-state index contributed by atoms with van der Waals surface area (Å²) in [5, 5.41) is 5.58. The minimum Gasteiger partial charge on any atom is -0.309 e. The van der Waals surface area contributed by atoms with Crippen molar-refractivity contribution < 1.29 is 4.79 Å².